The van der Waals surface area contributed by atoms with Gasteiger partial charge in [-0.3, -0.25) is 0 Å². The van der Waals surface area contributed by atoms with E-state index in [1.807, 2.05) is 6.07 Å². The second-order valence-electron chi connectivity index (χ2n) is 5.06. The van der Waals surface area contributed by atoms with Gasteiger partial charge in [0, 0.05) is 12.1 Å². The van der Waals surface area contributed by atoms with Crippen LogP contribution < -0.4 is 5.32 Å². The van der Waals surface area contributed by atoms with Gasteiger partial charge in [-0.05, 0) is 49.8 Å². The number of hydrogen-bond donors (Lipinski definition) is 1. The average molecular weight is 221 g/mol. The van der Waals surface area contributed by atoms with Crippen molar-refractivity contribution in [2.24, 2.45) is 5.92 Å². The first-order valence-corrected chi connectivity index (χ1v) is 6.16. The highest BCUT2D eigenvalue weighted by molar-refractivity contribution is 5.19. The Hall–Kier alpha value is -0.890. The van der Waals surface area contributed by atoms with Crippen LogP contribution in [0.2, 0.25) is 0 Å². The molecule has 0 radical (unpaired) electrons. The molecule has 0 aliphatic heterocycles. The maximum Gasteiger partial charge on any atom is 0.123 e. The van der Waals surface area contributed by atoms with E-state index in [9.17, 15) is 4.39 Å². The third-order valence-corrected chi connectivity index (χ3v) is 3.53. The lowest BCUT2D eigenvalue weighted by molar-refractivity contribution is 0.448. The molecule has 88 valence electrons. The molecule has 1 fully saturated rings. The number of benzene rings is 1. The van der Waals surface area contributed by atoms with E-state index in [0.29, 0.717) is 6.04 Å². The van der Waals surface area contributed by atoms with Gasteiger partial charge in [-0.1, -0.05) is 19.1 Å². The third-order valence-electron chi connectivity index (χ3n) is 3.53. The normalized spacial score (nSPS) is 26.9. The molecule has 0 amide bonds. The molecule has 1 N–H and O–H groups in total. The first kappa shape index (κ1) is 11.6. The van der Waals surface area contributed by atoms with Gasteiger partial charge in [0.1, 0.15) is 5.82 Å². The SMILES string of the molecule is CC1CCC(NC(C)c2cccc(F)c2)C1. The lowest BCUT2D eigenvalue weighted by atomic mass is 10.1. The van der Waals surface area contributed by atoms with Crippen LogP contribution in [-0.2, 0) is 0 Å². The molecular formula is C14H20FN. The zero-order valence-corrected chi connectivity index (χ0v) is 10.0. The summed E-state index contributed by atoms with van der Waals surface area (Å²) in [4.78, 5) is 0. The van der Waals surface area contributed by atoms with E-state index >= 15 is 0 Å². The first-order chi connectivity index (χ1) is 7.65. The molecule has 2 rings (SSSR count). The van der Waals surface area contributed by atoms with Gasteiger partial charge in [-0.15, -0.1) is 0 Å². The maximum absolute atomic E-state index is 13.1. The predicted molar refractivity (Wildman–Crippen MR) is 64.8 cm³/mol. The summed E-state index contributed by atoms with van der Waals surface area (Å²) in [5.74, 6) is 0.683. The minimum Gasteiger partial charge on any atom is -0.307 e. The summed E-state index contributed by atoms with van der Waals surface area (Å²) in [7, 11) is 0. The standard InChI is InChI=1S/C14H20FN/c1-10-6-7-14(8-10)16-11(2)12-4-3-5-13(15)9-12/h3-5,9-11,14,16H,6-8H2,1-2H3. The molecule has 0 aromatic heterocycles. The largest absolute Gasteiger partial charge is 0.307 e. The van der Waals surface area contributed by atoms with Crippen molar-refractivity contribution in [1.82, 2.24) is 5.32 Å². The van der Waals surface area contributed by atoms with E-state index in [-0.39, 0.29) is 11.9 Å². The van der Waals surface area contributed by atoms with Gasteiger partial charge in [-0.25, -0.2) is 4.39 Å². The van der Waals surface area contributed by atoms with Crippen LogP contribution in [0.15, 0.2) is 24.3 Å². The van der Waals surface area contributed by atoms with Crippen molar-refractivity contribution in [3.63, 3.8) is 0 Å². The Labute approximate surface area is 97.1 Å². The Kier molecular flexibility index (Phi) is 3.59. The second-order valence-corrected chi connectivity index (χ2v) is 5.06. The molecule has 2 heteroatoms. The van der Waals surface area contributed by atoms with Gasteiger partial charge in [0.15, 0.2) is 0 Å². The van der Waals surface area contributed by atoms with Crippen LogP contribution in [0.3, 0.4) is 0 Å². The first-order valence-electron chi connectivity index (χ1n) is 6.16. The summed E-state index contributed by atoms with van der Waals surface area (Å²) in [5.41, 5.74) is 1.04. The fourth-order valence-electron chi connectivity index (χ4n) is 2.58. The fourth-order valence-corrected chi connectivity index (χ4v) is 2.58. The van der Waals surface area contributed by atoms with E-state index in [4.69, 9.17) is 0 Å². The molecule has 1 aliphatic rings. The van der Waals surface area contributed by atoms with Crippen LogP contribution >= 0.6 is 0 Å². The van der Waals surface area contributed by atoms with Gasteiger partial charge >= 0.3 is 0 Å². The van der Waals surface area contributed by atoms with Crippen LogP contribution in [0.1, 0.15) is 44.7 Å². The smallest absolute Gasteiger partial charge is 0.123 e. The molecule has 1 aromatic rings. The zero-order valence-electron chi connectivity index (χ0n) is 10.0. The van der Waals surface area contributed by atoms with E-state index < -0.39 is 0 Å². The quantitative estimate of drug-likeness (QED) is 0.821. The van der Waals surface area contributed by atoms with Crippen molar-refractivity contribution in [3.8, 4) is 0 Å². The van der Waals surface area contributed by atoms with E-state index in [1.54, 1.807) is 12.1 Å². The van der Waals surface area contributed by atoms with Gasteiger partial charge < -0.3 is 5.32 Å². The number of halogens is 1. The molecule has 1 aromatic carbocycles. The molecule has 3 unspecified atom stereocenters. The van der Waals surface area contributed by atoms with Crippen molar-refractivity contribution >= 4 is 0 Å². The second kappa shape index (κ2) is 4.96. The van der Waals surface area contributed by atoms with E-state index in [2.05, 4.69) is 19.2 Å². The molecule has 3 atom stereocenters. The Morgan fingerprint density at radius 2 is 2.19 bits per heavy atom. The minimum absolute atomic E-state index is 0.147. The predicted octanol–water partition coefficient (Wildman–Crippen LogP) is 3.66. The zero-order chi connectivity index (χ0) is 11.5. The minimum atomic E-state index is -0.147. The lowest BCUT2D eigenvalue weighted by Crippen LogP contribution is -2.29. The molecule has 16 heavy (non-hydrogen) atoms. The third kappa shape index (κ3) is 2.82. The highest BCUT2D eigenvalue weighted by Crippen LogP contribution is 2.26. The van der Waals surface area contributed by atoms with E-state index in [1.165, 1.54) is 25.3 Å². The number of nitrogens with one attached hydrogen (secondary N) is 1. The van der Waals surface area contributed by atoms with Crippen molar-refractivity contribution in [1.29, 1.82) is 0 Å². The maximum atomic E-state index is 13.1. The molecule has 0 spiro atoms. The average Bonchev–Trinajstić information content (AvgIpc) is 2.64. The van der Waals surface area contributed by atoms with Crippen molar-refractivity contribution < 1.29 is 4.39 Å². The fraction of sp³-hybridized carbons (Fsp3) is 0.571. The van der Waals surface area contributed by atoms with Crippen LogP contribution in [0.5, 0.6) is 0 Å². The van der Waals surface area contributed by atoms with Crippen LogP contribution in [0, 0.1) is 11.7 Å². The summed E-state index contributed by atoms with van der Waals surface area (Å²) < 4.78 is 13.1. The molecular weight excluding hydrogens is 201 g/mol. The highest BCUT2D eigenvalue weighted by Gasteiger charge is 2.22. The summed E-state index contributed by atoms with van der Waals surface area (Å²) in [6, 6.07) is 7.72. The Morgan fingerprint density at radius 1 is 1.38 bits per heavy atom. The van der Waals surface area contributed by atoms with Gasteiger partial charge in [0.25, 0.3) is 0 Å². The van der Waals surface area contributed by atoms with Gasteiger partial charge in [0.2, 0.25) is 0 Å². The molecule has 0 bridgehead atoms. The molecule has 0 heterocycles. The molecule has 0 saturated heterocycles. The molecule has 1 nitrogen and oxygen atoms in total. The van der Waals surface area contributed by atoms with Crippen molar-refractivity contribution in [3.05, 3.63) is 35.6 Å². The summed E-state index contributed by atoms with van der Waals surface area (Å²) in [6.45, 7) is 4.41. The molecule has 1 saturated carbocycles. The summed E-state index contributed by atoms with van der Waals surface area (Å²) in [5, 5.41) is 3.59. The van der Waals surface area contributed by atoms with E-state index in [0.717, 1.165) is 11.5 Å². The molecule has 1 aliphatic carbocycles. The van der Waals surface area contributed by atoms with Gasteiger partial charge in [-0.2, -0.15) is 0 Å². The summed E-state index contributed by atoms with van der Waals surface area (Å²) >= 11 is 0. The topological polar surface area (TPSA) is 12.0 Å². The van der Waals surface area contributed by atoms with Crippen molar-refractivity contribution in [2.75, 3.05) is 0 Å². The van der Waals surface area contributed by atoms with Gasteiger partial charge in [0.05, 0.1) is 0 Å². The highest BCUT2D eigenvalue weighted by atomic mass is 19.1. The Balaban J connectivity index is 1.95. The number of hydrogen-bond acceptors (Lipinski definition) is 1. The summed E-state index contributed by atoms with van der Waals surface area (Å²) in [6.07, 6.45) is 3.81. The van der Waals surface area contributed by atoms with Crippen molar-refractivity contribution in [2.45, 2.75) is 45.2 Å². The van der Waals surface area contributed by atoms with Crippen LogP contribution in [0.4, 0.5) is 4.39 Å². The number of rotatable bonds is 3. The Bertz CT molecular complexity index is 350. The van der Waals surface area contributed by atoms with Crippen LogP contribution in [0.25, 0.3) is 0 Å². The Morgan fingerprint density at radius 3 is 2.81 bits per heavy atom. The van der Waals surface area contributed by atoms with Crippen LogP contribution in [-0.4, -0.2) is 6.04 Å². The lowest BCUT2D eigenvalue weighted by Gasteiger charge is -2.19. The monoisotopic (exact) mass is 221 g/mol.